The van der Waals surface area contributed by atoms with Gasteiger partial charge in [0.05, 0.1) is 18.1 Å². The van der Waals surface area contributed by atoms with Gasteiger partial charge in [-0.2, -0.15) is 0 Å². The molecule has 0 bridgehead atoms. The van der Waals surface area contributed by atoms with Gasteiger partial charge in [-0.3, -0.25) is 14.9 Å². The molecule has 2 N–H and O–H groups in total. The molecule has 120 valence electrons. The fourth-order valence-electron chi connectivity index (χ4n) is 2.24. The lowest BCUT2D eigenvalue weighted by Crippen LogP contribution is -2.28. The van der Waals surface area contributed by atoms with E-state index in [1.807, 2.05) is 6.92 Å². The topological polar surface area (TPSA) is 103 Å². The van der Waals surface area contributed by atoms with E-state index >= 15 is 0 Å². The summed E-state index contributed by atoms with van der Waals surface area (Å²) in [5, 5.41) is 16.6. The number of hydrogen-bond acceptors (Lipinski definition) is 6. The van der Waals surface area contributed by atoms with Gasteiger partial charge in [0, 0.05) is 31.6 Å². The number of nitrogens with one attached hydrogen (secondary N) is 2. The highest BCUT2D eigenvalue weighted by Crippen LogP contribution is 2.27. The molecule has 8 nitrogen and oxygen atoms in total. The molecule has 1 saturated heterocycles. The minimum Gasteiger partial charge on any atom is -0.379 e. The zero-order chi connectivity index (χ0) is 16.2. The zero-order valence-electron chi connectivity index (χ0n) is 12.5. The normalized spacial score (nSPS) is 16.3. The number of ether oxygens (including phenoxy) is 2. The predicted octanol–water partition coefficient (Wildman–Crippen LogP) is 1.52. The standard InChI is InChI=1S/C14H19N3O5/c1-14(21-7-8-22-14)5-6-16-11-4-3-10(13(18)15-2)9-12(11)17(19)20/h3-4,9,16H,5-8H2,1-2H3,(H,15,18). The molecule has 1 aliphatic rings. The third-order valence-electron chi connectivity index (χ3n) is 3.48. The molecule has 1 aliphatic heterocycles. The van der Waals surface area contributed by atoms with E-state index in [0.717, 1.165) is 0 Å². The lowest BCUT2D eigenvalue weighted by atomic mass is 10.1. The fourth-order valence-corrected chi connectivity index (χ4v) is 2.24. The van der Waals surface area contributed by atoms with Gasteiger partial charge < -0.3 is 20.1 Å². The van der Waals surface area contributed by atoms with Crippen LogP contribution in [-0.2, 0) is 9.47 Å². The van der Waals surface area contributed by atoms with E-state index in [-0.39, 0.29) is 17.2 Å². The molecule has 8 heteroatoms. The van der Waals surface area contributed by atoms with Crippen LogP contribution in [0.25, 0.3) is 0 Å². The molecule has 22 heavy (non-hydrogen) atoms. The van der Waals surface area contributed by atoms with Crippen molar-refractivity contribution in [1.82, 2.24) is 5.32 Å². The first-order chi connectivity index (χ1) is 10.4. The van der Waals surface area contributed by atoms with Gasteiger partial charge in [0.1, 0.15) is 5.69 Å². The molecular formula is C14H19N3O5. The Hall–Kier alpha value is -2.19. The summed E-state index contributed by atoms with van der Waals surface area (Å²) >= 11 is 0. The van der Waals surface area contributed by atoms with Crippen LogP contribution in [0.2, 0.25) is 0 Å². The van der Waals surface area contributed by atoms with Gasteiger partial charge in [-0.15, -0.1) is 0 Å². The Balaban J connectivity index is 2.06. The summed E-state index contributed by atoms with van der Waals surface area (Å²) in [7, 11) is 1.47. The van der Waals surface area contributed by atoms with E-state index in [2.05, 4.69) is 10.6 Å². The first-order valence-corrected chi connectivity index (χ1v) is 6.97. The maximum atomic E-state index is 11.5. The second-order valence-corrected chi connectivity index (χ2v) is 5.08. The SMILES string of the molecule is CNC(=O)c1ccc(NCCC2(C)OCCO2)c([N+](=O)[O-])c1. The van der Waals surface area contributed by atoms with E-state index in [9.17, 15) is 14.9 Å². The van der Waals surface area contributed by atoms with Crippen molar-refractivity contribution >= 4 is 17.3 Å². The molecule has 1 fully saturated rings. The van der Waals surface area contributed by atoms with Crippen LogP contribution in [0.4, 0.5) is 11.4 Å². The Morgan fingerprint density at radius 2 is 2.09 bits per heavy atom. The van der Waals surface area contributed by atoms with E-state index < -0.39 is 10.7 Å². The summed E-state index contributed by atoms with van der Waals surface area (Å²) in [6.07, 6.45) is 0.557. The Morgan fingerprint density at radius 3 is 2.68 bits per heavy atom. The maximum Gasteiger partial charge on any atom is 0.293 e. The largest absolute Gasteiger partial charge is 0.379 e. The van der Waals surface area contributed by atoms with Gasteiger partial charge in [0.15, 0.2) is 5.79 Å². The molecule has 1 heterocycles. The van der Waals surface area contributed by atoms with Crippen molar-refractivity contribution in [2.75, 3.05) is 32.1 Å². The van der Waals surface area contributed by atoms with Crippen LogP contribution in [-0.4, -0.2) is 43.4 Å². The highest BCUT2D eigenvalue weighted by atomic mass is 16.7. The van der Waals surface area contributed by atoms with Crippen LogP contribution in [0, 0.1) is 10.1 Å². The first-order valence-electron chi connectivity index (χ1n) is 6.97. The summed E-state index contributed by atoms with van der Waals surface area (Å²) in [6.45, 7) is 3.40. The number of anilines is 1. The number of nitrogens with zero attached hydrogens (tertiary/aromatic N) is 1. The van der Waals surface area contributed by atoms with E-state index in [4.69, 9.17) is 9.47 Å². The molecule has 0 saturated carbocycles. The molecule has 1 aromatic carbocycles. The highest BCUT2D eigenvalue weighted by Gasteiger charge is 2.30. The quantitative estimate of drug-likeness (QED) is 0.610. The van der Waals surface area contributed by atoms with Crippen LogP contribution in [0.15, 0.2) is 18.2 Å². The van der Waals surface area contributed by atoms with Crippen LogP contribution < -0.4 is 10.6 Å². The minimum absolute atomic E-state index is 0.139. The second kappa shape index (κ2) is 6.71. The van der Waals surface area contributed by atoms with Crippen molar-refractivity contribution in [2.24, 2.45) is 0 Å². The number of hydrogen-bond donors (Lipinski definition) is 2. The maximum absolute atomic E-state index is 11.5. The van der Waals surface area contributed by atoms with Crippen molar-refractivity contribution in [3.8, 4) is 0 Å². The highest BCUT2D eigenvalue weighted by molar-refractivity contribution is 5.95. The lowest BCUT2D eigenvalue weighted by molar-refractivity contribution is -0.384. The number of carbonyl (C=O) groups excluding carboxylic acids is 1. The van der Waals surface area contributed by atoms with Crippen LogP contribution >= 0.6 is 0 Å². The van der Waals surface area contributed by atoms with E-state index in [0.29, 0.717) is 31.9 Å². The summed E-state index contributed by atoms with van der Waals surface area (Å²) in [5.74, 6) is -1.01. The van der Waals surface area contributed by atoms with Gasteiger partial charge in [-0.1, -0.05) is 0 Å². The molecule has 0 unspecified atom stereocenters. The number of nitro groups is 1. The summed E-state index contributed by atoms with van der Waals surface area (Å²) in [6, 6.07) is 4.32. The molecule has 0 atom stereocenters. The van der Waals surface area contributed by atoms with Gasteiger partial charge in [0.25, 0.3) is 11.6 Å². The van der Waals surface area contributed by atoms with Gasteiger partial charge in [0.2, 0.25) is 0 Å². The number of rotatable bonds is 6. The van der Waals surface area contributed by atoms with Crippen LogP contribution in [0.1, 0.15) is 23.7 Å². The first kappa shape index (κ1) is 16.2. The summed E-state index contributed by atoms with van der Waals surface area (Å²) < 4.78 is 10.9. The Labute approximate surface area is 127 Å². The summed E-state index contributed by atoms with van der Waals surface area (Å²) in [5.41, 5.74) is 0.466. The molecule has 1 amide bonds. The smallest absolute Gasteiger partial charge is 0.293 e. The number of carbonyl (C=O) groups is 1. The number of nitro benzene ring substituents is 1. The third kappa shape index (κ3) is 3.71. The molecular weight excluding hydrogens is 290 g/mol. The van der Waals surface area contributed by atoms with Gasteiger partial charge in [-0.25, -0.2) is 0 Å². The molecule has 0 radical (unpaired) electrons. The molecule has 0 spiro atoms. The second-order valence-electron chi connectivity index (χ2n) is 5.08. The van der Waals surface area contributed by atoms with Crippen molar-refractivity contribution in [1.29, 1.82) is 0 Å². The minimum atomic E-state index is -0.649. The third-order valence-corrected chi connectivity index (χ3v) is 3.48. The van der Waals surface area contributed by atoms with E-state index in [1.54, 1.807) is 6.07 Å². The number of amides is 1. The number of benzene rings is 1. The molecule has 2 rings (SSSR count). The van der Waals surface area contributed by atoms with E-state index in [1.165, 1.54) is 19.2 Å². The van der Waals surface area contributed by atoms with Crippen molar-refractivity contribution in [3.63, 3.8) is 0 Å². The lowest BCUT2D eigenvalue weighted by Gasteiger charge is -2.22. The Morgan fingerprint density at radius 1 is 1.41 bits per heavy atom. The predicted molar refractivity (Wildman–Crippen MR) is 79.9 cm³/mol. The van der Waals surface area contributed by atoms with Gasteiger partial charge >= 0.3 is 0 Å². The average Bonchev–Trinajstić information content (AvgIpc) is 2.93. The van der Waals surface area contributed by atoms with Crippen molar-refractivity contribution in [2.45, 2.75) is 19.1 Å². The summed E-state index contributed by atoms with van der Waals surface area (Å²) in [4.78, 5) is 22.2. The Bertz CT molecular complexity index is 570. The van der Waals surface area contributed by atoms with Crippen molar-refractivity contribution < 1.29 is 19.2 Å². The average molecular weight is 309 g/mol. The molecule has 0 aliphatic carbocycles. The van der Waals surface area contributed by atoms with Crippen LogP contribution in [0.3, 0.4) is 0 Å². The van der Waals surface area contributed by atoms with Crippen molar-refractivity contribution in [3.05, 3.63) is 33.9 Å². The van der Waals surface area contributed by atoms with Crippen LogP contribution in [0.5, 0.6) is 0 Å². The fraction of sp³-hybridized carbons (Fsp3) is 0.500. The zero-order valence-corrected chi connectivity index (χ0v) is 12.5. The van der Waals surface area contributed by atoms with Gasteiger partial charge in [-0.05, 0) is 19.1 Å². The molecule has 1 aromatic rings. The molecule has 0 aromatic heterocycles. The monoisotopic (exact) mass is 309 g/mol. The Kier molecular flexibility index (Phi) is 4.94.